The van der Waals surface area contributed by atoms with Gasteiger partial charge in [-0.25, -0.2) is 4.68 Å². The van der Waals surface area contributed by atoms with E-state index in [1.165, 1.54) is 6.33 Å². The Kier molecular flexibility index (Phi) is 5.16. The molecule has 0 amide bonds. The average molecular weight is 448 g/mol. The lowest BCUT2D eigenvalue weighted by molar-refractivity contribution is -0.116. The second-order valence-electron chi connectivity index (χ2n) is 7.99. The van der Waals surface area contributed by atoms with Crippen molar-refractivity contribution in [1.29, 1.82) is 0 Å². The Bertz CT molecular complexity index is 1240. The number of Topliss-reactive ketones (excluding diaryl/α,β-unsaturated/α-hetero) is 1. The minimum absolute atomic E-state index is 0.0168. The van der Waals surface area contributed by atoms with Crippen LogP contribution in [0.4, 0.5) is 5.95 Å². The summed E-state index contributed by atoms with van der Waals surface area (Å²) in [7, 11) is 4.65. The number of phenols is 1. The van der Waals surface area contributed by atoms with E-state index in [2.05, 4.69) is 15.4 Å². The van der Waals surface area contributed by atoms with Crippen LogP contribution in [0, 0.1) is 0 Å². The van der Waals surface area contributed by atoms with E-state index in [4.69, 9.17) is 14.2 Å². The van der Waals surface area contributed by atoms with E-state index in [0.717, 1.165) is 16.8 Å². The van der Waals surface area contributed by atoms with Crippen LogP contribution in [0.25, 0.3) is 0 Å². The summed E-state index contributed by atoms with van der Waals surface area (Å²) in [6.07, 6.45) is 2.30. The number of ketones is 1. The van der Waals surface area contributed by atoms with E-state index < -0.39 is 6.04 Å². The van der Waals surface area contributed by atoms with E-state index in [9.17, 15) is 9.90 Å². The van der Waals surface area contributed by atoms with Gasteiger partial charge in [0.1, 0.15) is 18.1 Å². The maximum atomic E-state index is 13.5. The summed E-state index contributed by atoms with van der Waals surface area (Å²) in [6, 6.07) is 10.3. The van der Waals surface area contributed by atoms with Crippen LogP contribution in [0.2, 0.25) is 0 Å². The number of fused-ring (bicyclic) bond motifs is 1. The molecule has 2 N–H and O–H groups in total. The summed E-state index contributed by atoms with van der Waals surface area (Å²) in [4.78, 5) is 17.9. The van der Waals surface area contributed by atoms with Crippen LogP contribution in [0.5, 0.6) is 23.0 Å². The van der Waals surface area contributed by atoms with Crippen LogP contribution in [-0.2, 0) is 4.79 Å². The predicted molar refractivity (Wildman–Crippen MR) is 120 cm³/mol. The standard InChI is InChI=1S/C24H24N4O5/c1-31-19-10-14(11-20(32-2)23(19)33-3)22-21-16(27-24-25-12-26-28(22)24)8-13(9-18(21)30)15-6-4-5-7-17(15)29/h4-7,10-13,22,29H,8-9H2,1-3H3,(H,25,26,27)/t13-,22+/m0/s1. The lowest BCUT2D eigenvalue weighted by Gasteiger charge is -2.35. The highest BCUT2D eigenvalue weighted by Gasteiger charge is 2.40. The van der Waals surface area contributed by atoms with Gasteiger partial charge in [0.15, 0.2) is 17.3 Å². The second-order valence-corrected chi connectivity index (χ2v) is 7.99. The zero-order valence-corrected chi connectivity index (χ0v) is 18.5. The molecule has 0 bridgehead atoms. The number of para-hydroxylation sites is 1. The van der Waals surface area contributed by atoms with Gasteiger partial charge in [0, 0.05) is 23.6 Å². The Hall–Kier alpha value is -4.01. The second kappa shape index (κ2) is 8.16. The monoisotopic (exact) mass is 448 g/mol. The van der Waals surface area contributed by atoms with Crippen LogP contribution in [0.15, 0.2) is 54.0 Å². The highest BCUT2D eigenvalue weighted by molar-refractivity contribution is 6.00. The molecule has 9 nitrogen and oxygen atoms in total. The number of methoxy groups -OCH3 is 3. The zero-order chi connectivity index (χ0) is 23.1. The first-order chi connectivity index (χ1) is 16.0. The number of aromatic nitrogens is 3. The zero-order valence-electron chi connectivity index (χ0n) is 18.5. The summed E-state index contributed by atoms with van der Waals surface area (Å²) >= 11 is 0. The number of carbonyl (C=O) groups excluding carboxylic acids is 1. The molecule has 1 aliphatic carbocycles. The van der Waals surface area contributed by atoms with Gasteiger partial charge in [-0.05, 0) is 35.7 Å². The summed E-state index contributed by atoms with van der Waals surface area (Å²) < 4.78 is 18.2. The number of nitrogens with zero attached hydrogens (tertiary/aromatic N) is 3. The maximum absolute atomic E-state index is 13.5. The van der Waals surface area contributed by atoms with E-state index in [-0.39, 0.29) is 23.9 Å². The van der Waals surface area contributed by atoms with Gasteiger partial charge in [-0.1, -0.05) is 18.2 Å². The molecule has 0 saturated heterocycles. The van der Waals surface area contributed by atoms with Gasteiger partial charge in [0.05, 0.1) is 21.3 Å². The number of carbonyl (C=O) groups is 1. The van der Waals surface area contributed by atoms with Crippen molar-refractivity contribution in [2.75, 3.05) is 26.6 Å². The van der Waals surface area contributed by atoms with E-state index >= 15 is 0 Å². The number of phenolic OH excluding ortho intramolecular Hbond substituents is 1. The third kappa shape index (κ3) is 3.36. The summed E-state index contributed by atoms with van der Waals surface area (Å²) in [6.45, 7) is 0. The molecule has 0 fully saturated rings. The molecule has 5 rings (SSSR count). The first kappa shape index (κ1) is 20.9. The Morgan fingerprint density at radius 3 is 2.45 bits per heavy atom. The lowest BCUT2D eigenvalue weighted by atomic mass is 9.77. The SMILES string of the molecule is COc1cc([C@@H]2C3=C(C[C@H](c4ccccc4O)CC3=O)Nc3ncnn32)cc(OC)c1OC. The molecule has 0 radical (unpaired) electrons. The van der Waals surface area contributed by atoms with Gasteiger partial charge in [-0.3, -0.25) is 4.79 Å². The first-order valence-electron chi connectivity index (χ1n) is 10.6. The molecule has 0 unspecified atom stereocenters. The van der Waals surface area contributed by atoms with Crippen molar-refractivity contribution < 1.29 is 24.1 Å². The Balaban J connectivity index is 1.64. The molecule has 170 valence electrons. The molecule has 2 heterocycles. The van der Waals surface area contributed by atoms with Crippen molar-refractivity contribution >= 4 is 11.7 Å². The van der Waals surface area contributed by atoms with Crippen LogP contribution < -0.4 is 19.5 Å². The van der Waals surface area contributed by atoms with Crippen LogP contribution in [0.1, 0.15) is 35.9 Å². The summed E-state index contributed by atoms with van der Waals surface area (Å²) in [5.41, 5.74) is 2.92. The molecule has 33 heavy (non-hydrogen) atoms. The van der Waals surface area contributed by atoms with E-state index in [0.29, 0.717) is 35.2 Å². The normalized spacial score (nSPS) is 19.4. The molecular formula is C24H24N4O5. The third-order valence-electron chi connectivity index (χ3n) is 6.24. The maximum Gasteiger partial charge on any atom is 0.226 e. The molecule has 3 aromatic rings. The highest BCUT2D eigenvalue weighted by atomic mass is 16.5. The number of rotatable bonds is 5. The van der Waals surface area contributed by atoms with Crippen molar-refractivity contribution in [2.24, 2.45) is 0 Å². The fraction of sp³-hybridized carbons (Fsp3) is 0.292. The minimum Gasteiger partial charge on any atom is -0.508 e. The Labute approximate surface area is 190 Å². The molecule has 1 aromatic heterocycles. The van der Waals surface area contributed by atoms with Crippen LogP contribution in [0.3, 0.4) is 0 Å². The largest absolute Gasteiger partial charge is 0.508 e. The first-order valence-corrected chi connectivity index (χ1v) is 10.6. The number of nitrogens with one attached hydrogen (secondary N) is 1. The van der Waals surface area contributed by atoms with Gasteiger partial charge in [0.25, 0.3) is 0 Å². The van der Waals surface area contributed by atoms with E-state index in [1.807, 2.05) is 24.3 Å². The van der Waals surface area contributed by atoms with Gasteiger partial charge in [-0.15, -0.1) is 0 Å². The topological polar surface area (TPSA) is 108 Å². The number of aromatic hydroxyl groups is 1. The van der Waals surface area contributed by atoms with Crippen molar-refractivity contribution in [3.05, 3.63) is 65.1 Å². The van der Waals surface area contributed by atoms with Crippen LogP contribution >= 0.6 is 0 Å². The van der Waals surface area contributed by atoms with Crippen molar-refractivity contribution in [3.63, 3.8) is 0 Å². The quantitative estimate of drug-likeness (QED) is 0.611. The van der Waals surface area contributed by atoms with Gasteiger partial charge < -0.3 is 24.6 Å². The number of ether oxygens (including phenoxy) is 3. The highest BCUT2D eigenvalue weighted by Crippen LogP contribution is 2.47. The molecular weight excluding hydrogens is 424 g/mol. The minimum atomic E-state index is -0.509. The molecule has 2 aromatic carbocycles. The number of allylic oxidation sites excluding steroid dienone is 2. The number of benzene rings is 2. The fourth-order valence-electron chi connectivity index (χ4n) is 4.77. The fourth-order valence-corrected chi connectivity index (χ4v) is 4.77. The molecule has 2 aliphatic rings. The van der Waals surface area contributed by atoms with Crippen molar-refractivity contribution in [3.8, 4) is 23.0 Å². The molecule has 1 aliphatic heterocycles. The molecule has 0 spiro atoms. The van der Waals surface area contributed by atoms with Crippen molar-refractivity contribution in [1.82, 2.24) is 14.8 Å². The average Bonchev–Trinajstić information content (AvgIpc) is 3.30. The number of hydrogen-bond donors (Lipinski definition) is 2. The smallest absolute Gasteiger partial charge is 0.226 e. The third-order valence-corrected chi connectivity index (χ3v) is 6.24. The molecule has 0 saturated carbocycles. The van der Waals surface area contributed by atoms with Gasteiger partial charge >= 0.3 is 0 Å². The lowest BCUT2D eigenvalue weighted by Crippen LogP contribution is -2.33. The Morgan fingerprint density at radius 1 is 1.06 bits per heavy atom. The number of anilines is 1. The van der Waals surface area contributed by atoms with Gasteiger partial charge in [-0.2, -0.15) is 10.1 Å². The Morgan fingerprint density at radius 2 is 1.79 bits per heavy atom. The summed E-state index contributed by atoms with van der Waals surface area (Å²) in [5, 5.41) is 18.0. The van der Waals surface area contributed by atoms with Crippen LogP contribution in [-0.4, -0.2) is 47.0 Å². The van der Waals surface area contributed by atoms with E-state index in [1.54, 1.807) is 38.1 Å². The predicted octanol–water partition coefficient (Wildman–Crippen LogP) is 3.43. The molecule has 9 heteroatoms. The summed E-state index contributed by atoms with van der Waals surface area (Å²) in [5.74, 6) is 2.03. The number of hydrogen-bond acceptors (Lipinski definition) is 8. The van der Waals surface area contributed by atoms with Gasteiger partial charge in [0.2, 0.25) is 11.7 Å². The molecule has 2 atom stereocenters. The van der Waals surface area contributed by atoms with Crippen molar-refractivity contribution in [2.45, 2.75) is 24.8 Å².